The summed E-state index contributed by atoms with van der Waals surface area (Å²) in [5.41, 5.74) is 0.700. The van der Waals surface area contributed by atoms with Gasteiger partial charge in [-0.1, -0.05) is 0 Å². The first kappa shape index (κ1) is 15.6. The van der Waals surface area contributed by atoms with Crippen LogP contribution in [0.2, 0.25) is 0 Å². The molecule has 1 aromatic heterocycles. The molecule has 1 aromatic carbocycles. The summed E-state index contributed by atoms with van der Waals surface area (Å²) in [5.74, 6) is 0. The maximum atomic E-state index is 12.4. The number of piperazine rings is 1. The van der Waals surface area contributed by atoms with Crippen molar-refractivity contribution in [1.82, 2.24) is 19.7 Å². The highest BCUT2D eigenvalue weighted by atomic mass is 19.4. The SMILES string of the molecule is O=c1n(-c2ccc(N3CCNCC3)cc2)cnn1CC(F)(F)F. The fraction of sp³-hybridized carbons (Fsp3) is 0.429. The van der Waals surface area contributed by atoms with Crippen LogP contribution in [0.1, 0.15) is 0 Å². The van der Waals surface area contributed by atoms with Crippen molar-refractivity contribution in [3.63, 3.8) is 0 Å². The van der Waals surface area contributed by atoms with E-state index in [4.69, 9.17) is 0 Å². The molecule has 6 nitrogen and oxygen atoms in total. The average Bonchev–Trinajstić information content (AvgIpc) is 2.88. The van der Waals surface area contributed by atoms with Gasteiger partial charge in [-0.05, 0) is 24.3 Å². The van der Waals surface area contributed by atoms with Gasteiger partial charge in [-0.25, -0.2) is 14.0 Å². The van der Waals surface area contributed by atoms with Gasteiger partial charge in [-0.3, -0.25) is 0 Å². The number of rotatable bonds is 3. The van der Waals surface area contributed by atoms with Crippen LogP contribution in [-0.4, -0.2) is 46.7 Å². The minimum atomic E-state index is -4.48. The van der Waals surface area contributed by atoms with Crippen LogP contribution in [0.5, 0.6) is 0 Å². The Morgan fingerprint density at radius 2 is 1.70 bits per heavy atom. The molecule has 0 bridgehead atoms. The number of hydrogen-bond acceptors (Lipinski definition) is 4. The molecule has 1 aliphatic heterocycles. The van der Waals surface area contributed by atoms with E-state index < -0.39 is 18.4 Å². The van der Waals surface area contributed by atoms with E-state index in [9.17, 15) is 18.0 Å². The van der Waals surface area contributed by atoms with E-state index >= 15 is 0 Å². The van der Waals surface area contributed by atoms with Crippen LogP contribution >= 0.6 is 0 Å². The third-order valence-electron chi connectivity index (χ3n) is 3.67. The Morgan fingerprint density at radius 3 is 2.30 bits per heavy atom. The average molecular weight is 327 g/mol. The van der Waals surface area contributed by atoms with Crippen molar-refractivity contribution < 1.29 is 13.2 Å². The van der Waals surface area contributed by atoms with Crippen LogP contribution in [0, 0.1) is 0 Å². The number of alkyl halides is 3. The molecule has 124 valence electrons. The number of anilines is 1. The summed E-state index contributed by atoms with van der Waals surface area (Å²) in [6, 6.07) is 7.12. The summed E-state index contributed by atoms with van der Waals surface area (Å²) in [6.45, 7) is 2.21. The van der Waals surface area contributed by atoms with Crippen LogP contribution in [-0.2, 0) is 6.54 Å². The van der Waals surface area contributed by atoms with Gasteiger partial charge in [0.15, 0.2) is 0 Å². The van der Waals surface area contributed by atoms with Gasteiger partial charge >= 0.3 is 11.9 Å². The third kappa shape index (κ3) is 3.55. The highest BCUT2D eigenvalue weighted by Crippen LogP contribution is 2.18. The molecule has 0 atom stereocenters. The van der Waals surface area contributed by atoms with Crippen LogP contribution < -0.4 is 15.9 Å². The van der Waals surface area contributed by atoms with Gasteiger partial charge in [0.2, 0.25) is 0 Å². The van der Waals surface area contributed by atoms with Crippen molar-refractivity contribution in [3.8, 4) is 5.69 Å². The lowest BCUT2D eigenvalue weighted by molar-refractivity contribution is -0.143. The lowest BCUT2D eigenvalue weighted by atomic mass is 10.2. The number of benzene rings is 1. The molecule has 9 heteroatoms. The highest BCUT2D eigenvalue weighted by molar-refractivity contribution is 5.51. The summed E-state index contributed by atoms with van der Waals surface area (Å²) in [7, 11) is 0. The Balaban J connectivity index is 1.81. The van der Waals surface area contributed by atoms with E-state index in [2.05, 4.69) is 15.3 Å². The van der Waals surface area contributed by atoms with Gasteiger partial charge < -0.3 is 10.2 Å². The summed E-state index contributed by atoms with van der Waals surface area (Å²) in [4.78, 5) is 14.2. The molecule has 2 heterocycles. The fourth-order valence-electron chi connectivity index (χ4n) is 2.54. The first-order chi connectivity index (χ1) is 10.9. The van der Waals surface area contributed by atoms with Crippen LogP contribution in [0.25, 0.3) is 5.69 Å². The van der Waals surface area contributed by atoms with Crippen LogP contribution in [0.4, 0.5) is 18.9 Å². The van der Waals surface area contributed by atoms with Crippen molar-refractivity contribution in [2.45, 2.75) is 12.7 Å². The molecule has 1 saturated heterocycles. The zero-order valence-electron chi connectivity index (χ0n) is 12.3. The largest absolute Gasteiger partial charge is 0.408 e. The Labute approximate surface area is 130 Å². The monoisotopic (exact) mass is 327 g/mol. The quantitative estimate of drug-likeness (QED) is 0.914. The molecule has 1 aliphatic rings. The molecule has 2 aromatic rings. The van der Waals surface area contributed by atoms with Gasteiger partial charge in [-0.2, -0.15) is 18.3 Å². The molecule has 0 aliphatic carbocycles. The molecular weight excluding hydrogens is 311 g/mol. The van der Waals surface area contributed by atoms with E-state index in [1.807, 2.05) is 12.1 Å². The maximum Gasteiger partial charge on any atom is 0.408 e. The summed E-state index contributed by atoms with van der Waals surface area (Å²) in [5, 5.41) is 6.78. The number of nitrogens with zero attached hydrogens (tertiary/aromatic N) is 4. The van der Waals surface area contributed by atoms with Crippen molar-refractivity contribution in [2.75, 3.05) is 31.1 Å². The molecule has 0 unspecified atom stereocenters. The van der Waals surface area contributed by atoms with Crippen molar-refractivity contribution in [2.24, 2.45) is 0 Å². The number of halogens is 3. The molecule has 0 amide bonds. The molecule has 3 rings (SSSR count). The molecule has 0 saturated carbocycles. The predicted octanol–water partition coefficient (Wildman–Crippen LogP) is 1.01. The minimum Gasteiger partial charge on any atom is -0.369 e. The smallest absolute Gasteiger partial charge is 0.369 e. The van der Waals surface area contributed by atoms with E-state index in [1.54, 1.807) is 12.1 Å². The Morgan fingerprint density at radius 1 is 1.09 bits per heavy atom. The molecular formula is C14H16F3N5O. The summed E-state index contributed by atoms with van der Waals surface area (Å²) >= 11 is 0. The van der Waals surface area contributed by atoms with Gasteiger partial charge in [0.1, 0.15) is 12.9 Å². The second kappa shape index (κ2) is 6.07. The Bertz CT molecular complexity index is 713. The first-order valence-corrected chi connectivity index (χ1v) is 7.21. The minimum absolute atomic E-state index is 0.407. The van der Waals surface area contributed by atoms with Crippen molar-refractivity contribution in [1.29, 1.82) is 0 Å². The lowest BCUT2D eigenvalue weighted by Gasteiger charge is -2.29. The normalized spacial score (nSPS) is 15.9. The van der Waals surface area contributed by atoms with Gasteiger partial charge in [0.25, 0.3) is 0 Å². The number of nitrogens with one attached hydrogen (secondary N) is 1. The first-order valence-electron chi connectivity index (χ1n) is 7.21. The van der Waals surface area contributed by atoms with Crippen molar-refractivity contribution in [3.05, 3.63) is 41.1 Å². The van der Waals surface area contributed by atoms with Crippen molar-refractivity contribution >= 4 is 5.69 Å². The third-order valence-corrected chi connectivity index (χ3v) is 3.67. The molecule has 1 fully saturated rings. The predicted molar refractivity (Wildman–Crippen MR) is 79.0 cm³/mol. The fourth-order valence-corrected chi connectivity index (χ4v) is 2.54. The Kier molecular flexibility index (Phi) is 4.12. The van der Waals surface area contributed by atoms with E-state index in [-0.39, 0.29) is 0 Å². The zero-order valence-corrected chi connectivity index (χ0v) is 12.3. The zero-order chi connectivity index (χ0) is 16.4. The highest BCUT2D eigenvalue weighted by Gasteiger charge is 2.30. The number of aromatic nitrogens is 3. The topological polar surface area (TPSA) is 55.1 Å². The molecule has 0 spiro atoms. The number of hydrogen-bond donors (Lipinski definition) is 1. The summed E-state index contributed by atoms with van der Waals surface area (Å²) < 4.78 is 38.6. The second-order valence-corrected chi connectivity index (χ2v) is 5.31. The van der Waals surface area contributed by atoms with Gasteiger partial charge in [0, 0.05) is 31.9 Å². The van der Waals surface area contributed by atoms with E-state index in [0.717, 1.165) is 42.8 Å². The standard InChI is InChI=1S/C14H16F3N5O/c15-14(16,17)9-22-13(23)21(10-19-22)12-3-1-11(2-4-12)20-7-5-18-6-8-20/h1-4,10,18H,5-9H2. The summed E-state index contributed by atoms with van der Waals surface area (Å²) in [6.07, 6.45) is -3.37. The molecule has 0 radical (unpaired) electrons. The lowest BCUT2D eigenvalue weighted by Crippen LogP contribution is -2.43. The van der Waals surface area contributed by atoms with Gasteiger partial charge in [-0.15, -0.1) is 0 Å². The molecule has 23 heavy (non-hydrogen) atoms. The maximum absolute atomic E-state index is 12.4. The second-order valence-electron chi connectivity index (χ2n) is 5.31. The van der Waals surface area contributed by atoms with Crippen LogP contribution in [0.15, 0.2) is 35.4 Å². The van der Waals surface area contributed by atoms with E-state index in [0.29, 0.717) is 10.4 Å². The molecule has 1 N–H and O–H groups in total. The van der Waals surface area contributed by atoms with E-state index in [1.165, 1.54) is 0 Å². The van der Waals surface area contributed by atoms with Gasteiger partial charge in [0.05, 0.1) is 5.69 Å². The van der Waals surface area contributed by atoms with Crippen LogP contribution in [0.3, 0.4) is 0 Å². The Hall–Kier alpha value is -2.29.